The van der Waals surface area contributed by atoms with Gasteiger partial charge in [0.2, 0.25) is 0 Å². The number of carbonyl (C=O) groups is 2. The van der Waals surface area contributed by atoms with E-state index in [1.807, 2.05) is 12.1 Å². The molecular formula is C20H22FN3O2. The molecule has 1 heterocycles. The number of urea groups is 1. The molecule has 1 aliphatic rings. The fraction of sp³-hybridized carbons (Fsp3) is 0.300. The fourth-order valence-corrected chi connectivity index (χ4v) is 3.45. The highest BCUT2D eigenvalue weighted by atomic mass is 19.1. The number of primary amides is 1. The molecule has 3 rings (SSSR count). The molecule has 1 fully saturated rings. The second kappa shape index (κ2) is 7.56. The van der Waals surface area contributed by atoms with E-state index in [0.29, 0.717) is 24.7 Å². The number of anilines is 1. The van der Waals surface area contributed by atoms with Crippen LogP contribution in [0.15, 0.2) is 42.5 Å². The van der Waals surface area contributed by atoms with Crippen LogP contribution in [0.3, 0.4) is 0 Å². The number of benzene rings is 2. The van der Waals surface area contributed by atoms with Crippen LogP contribution in [0.25, 0.3) is 0 Å². The third-order valence-corrected chi connectivity index (χ3v) is 4.82. The van der Waals surface area contributed by atoms with E-state index >= 15 is 0 Å². The molecule has 26 heavy (non-hydrogen) atoms. The summed E-state index contributed by atoms with van der Waals surface area (Å²) in [6, 6.07) is 11.8. The Morgan fingerprint density at radius 3 is 2.73 bits per heavy atom. The van der Waals surface area contributed by atoms with Gasteiger partial charge in [0.05, 0.1) is 5.56 Å². The van der Waals surface area contributed by atoms with Crippen LogP contribution in [0.2, 0.25) is 0 Å². The van der Waals surface area contributed by atoms with Crippen molar-refractivity contribution >= 4 is 17.6 Å². The van der Waals surface area contributed by atoms with E-state index in [1.54, 1.807) is 4.90 Å². The lowest BCUT2D eigenvalue weighted by Gasteiger charge is -2.33. The zero-order valence-electron chi connectivity index (χ0n) is 14.7. The van der Waals surface area contributed by atoms with Crippen molar-refractivity contribution in [1.82, 2.24) is 4.90 Å². The quantitative estimate of drug-likeness (QED) is 0.882. The molecule has 0 saturated carbocycles. The molecule has 0 radical (unpaired) electrons. The van der Waals surface area contributed by atoms with Crippen molar-refractivity contribution < 1.29 is 14.0 Å². The Morgan fingerprint density at radius 2 is 2.00 bits per heavy atom. The van der Waals surface area contributed by atoms with Crippen LogP contribution in [-0.4, -0.2) is 29.9 Å². The number of carbonyl (C=O) groups excluding carboxylic acids is 2. The zero-order chi connectivity index (χ0) is 18.7. The van der Waals surface area contributed by atoms with Crippen molar-refractivity contribution in [2.75, 3.05) is 18.4 Å². The standard InChI is InChI=1S/C20H22FN3O2/c1-13-5-2-3-7-16(13)14-6-4-10-24(12-14)20(26)23-15-8-9-18(21)17(11-15)19(22)25/h2-3,5,7-9,11,14H,4,6,10,12H2,1H3,(H2,22,25)(H,23,26). The predicted molar refractivity (Wildman–Crippen MR) is 98.7 cm³/mol. The lowest BCUT2D eigenvalue weighted by Crippen LogP contribution is -2.41. The van der Waals surface area contributed by atoms with Gasteiger partial charge in [-0.2, -0.15) is 0 Å². The van der Waals surface area contributed by atoms with Gasteiger partial charge in [0.15, 0.2) is 0 Å². The van der Waals surface area contributed by atoms with Gasteiger partial charge in [-0.3, -0.25) is 4.79 Å². The Kier molecular flexibility index (Phi) is 5.21. The van der Waals surface area contributed by atoms with Crippen LogP contribution in [0.1, 0.15) is 40.2 Å². The summed E-state index contributed by atoms with van der Waals surface area (Å²) >= 11 is 0. The molecule has 136 valence electrons. The van der Waals surface area contributed by atoms with E-state index in [1.165, 1.54) is 23.3 Å². The van der Waals surface area contributed by atoms with Crippen LogP contribution in [0, 0.1) is 12.7 Å². The van der Waals surface area contributed by atoms with Gasteiger partial charge in [0.25, 0.3) is 5.91 Å². The molecule has 3 amide bonds. The maximum Gasteiger partial charge on any atom is 0.321 e. The second-order valence-electron chi connectivity index (χ2n) is 6.63. The topological polar surface area (TPSA) is 75.4 Å². The first kappa shape index (κ1) is 17.9. The van der Waals surface area contributed by atoms with Gasteiger partial charge in [0.1, 0.15) is 5.82 Å². The molecule has 0 spiro atoms. The lowest BCUT2D eigenvalue weighted by molar-refractivity contribution is 0.0996. The maximum atomic E-state index is 13.6. The normalized spacial score (nSPS) is 17.0. The second-order valence-corrected chi connectivity index (χ2v) is 6.63. The monoisotopic (exact) mass is 355 g/mol. The van der Waals surface area contributed by atoms with E-state index in [4.69, 9.17) is 5.73 Å². The van der Waals surface area contributed by atoms with Crippen molar-refractivity contribution in [2.24, 2.45) is 5.73 Å². The maximum absolute atomic E-state index is 13.6. The average molecular weight is 355 g/mol. The first-order valence-electron chi connectivity index (χ1n) is 8.66. The molecule has 1 unspecified atom stereocenters. The fourth-order valence-electron chi connectivity index (χ4n) is 3.45. The molecule has 5 nitrogen and oxygen atoms in total. The molecule has 1 atom stereocenters. The van der Waals surface area contributed by atoms with Crippen LogP contribution < -0.4 is 11.1 Å². The minimum Gasteiger partial charge on any atom is -0.366 e. The van der Waals surface area contributed by atoms with E-state index < -0.39 is 11.7 Å². The van der Waals surface area contributed by atoms with Gasteiger partial charge >= 0.3 is 6.03 Å². The van der Waals surface area contributed by atoms with Crippen molar-refractivity contribution in [2.45, 2.75) is 25.7 Å². The highest BCUT2D eigenvalue weighted by molar-refractivity contribution is 5.96. The van der Waals surface area contributed by atoms with E-state index in [2.05, 4.69) is 24.4 Å². The number of aryl methyl sites for hydroxylation is 1. The summed E-state index contributed by atoms with van der Waals surface area (Å²) in [6.45, 7) is 3.37. The molecule has 6 heteroatoms. The Labute approximate surface area is 152 Å². The number of hydrogen-bond acceptors (Lipinski definition) is 2. The van der Waals surface area contributed by atoms with Gasteiger partial charge in [-0.15, -0.1) is 0 Å². The minimum atomic E-state index is -0.865. The molecular weight excluding hydrogens is 333 g/mol. The summed E-state index contributed by atoms with van der Waals surface area (Å²) in [4.78, 5) is 25.6. The third-order valence-electron chi connectivity index (χ3n) is 4.82. The van der Waals surface area contributed by atoms with E-state index in [-0.39, 0.29) is 11.6 Å². The SMILES string of the molecule is Cc1ccccc1C1CCCN(C(=O)Nc2ccc(F)c(C(N)=O)c2)C1. The summed E-state index contributed by atoms with van der Waals surface area (Å²) in [5, 5.41) is 2.73. The molecule has 2 aromatic carbocycles. The Bertz CT molecular complexity index is 838. The molecule has 0 aliphatic carbocycles. The van der Waals surface area contributed by atoms with Crippen molar-refractivity contribution in [3.8, 4) is 0 Å². The average Bonchev–Trinajstić information content (AvgIpc) is 2.63. The van der Waals surface area contributed by atoms with Gasteiger partial charge in [-0.25, -0.2) is 9.18 Å². The summed E-state index contributed by atoms with van der Waals surface area (Å²) in [5.74, 6) is -1.27. The molecule has 0 aromatic heterocycles. The van der Waals surface area contributed by atoms with Crippen molar-refractivity contribution in [3.05, 3.63) is 65.0 Å². The van der Waals surface area contributed by atoms with Gasteiger partial charge in [-0.1, -0.05) is 24.3 Å². The van der Waals surface area contributed by atoms with E-state index in [9.17, 15) is 14.0 Å². The molecule has 0 bridgehead atoms. The highest BCUT2D eigenvalue weighted by Crippen LogP contribution is 2.29. The number of nitrogens with one attached hydrogen (secondary N) is 1. The van der Waals surface area contributed by atoms with Crippen LogP contribution in [0.5, 0.6) is 0 Å². The Morgan fingerprint density at radius 1 is 1.23 bits per heavy atom. The Hall–Kier alpha value is -2.89. The largest absolute Gasteiger partial charge is 0.366 e. The third kappa shape index (κ3) is 3.85. The minimum absolute atomic E-state index is 0.237. The molecule has 1 aliphatic heterocycles. The summed E-state index contributed by atoms with van der Waals surface area (Å²) in [6.07, 6.45) is 1.96. The number of nitrogens with two attached hydrogens (primary N) is 1. The lowest BCUT2D eigenvalue weighted by atomic mass is 9.88. The van der Waals surface area contributed by atoms with Crippen LogP contribution in [0.4, 0.5) is 14.9 Å². The van der Waals surface area contributed by atoms with Crippen molar-refractivity contribution in [1.29, 1.82) is 0 Å². The van der Waals surface area contributed by atoms with Crippen molar-refractivity contribution in [3.63, 3.8) is 0 Å². The first-order valence-corrected chi connectivity index (χ1v) is 8.66. The molecule has 1 saturated heterocycles. The highest BCUT2D eigenvalue weighted by Gasteiger charge is 2.25. The smallest absolute Gasteiger partial charge is 0.321 e. The number of hydrogen-bond donors (Lipinski definition) is 2. The number of likely N-dealkylation sites (tertiary alicyclic amines) is 1. The first-order chi connectivity index (χ1) is 12.5. The Balaban J connectivity index is 1.71. The van der Waals surface area contributed by atoms with Gasteiger partial charge in [-0.05, 0) is 49.1 Å². The zero-order valence-corrected chi connectivity index (χ0v) is 14.7. The summed E-state index contributed by atoms with van der Waals surface area (Å²) < 4.78 is 13.6. The predicted octanol–water partition coefficient (Wildman–Crippen LogP) is 3.64. The summed E-state index contributed by atoms with van der Waals surface area (Å²) in [7, 11) is 0. The number of rotatable bonds is 3. The number of amides is 3. The van der Waals surface area contributed by atoms with Crippen LogP contribution in [-0.2, 0) is 0 Å². The van der Waals surface area contributed by atoms with E-state index in [0.717, 1.165) is 18.9 Å². The molecule has 3 N–H and O–H groups in total. The molecule has 2 aromatic rings. The van der Waals surface area contributed by atoms with Crippen LogP contribution >= 0.6 is 0 Å². The number of nitrogens with zero attached hydrogens (tertiary/aromatic N) is 1. The summed E-state index contributed by atoms with van der Waals surface area (Å²) in [5.41, 5.74) is 7.76. The number of piperidine rings is 1. The number of halogens is 1. The van der Waals surface area contributed by atoms with Gasteiger partial charge in [0, 0.05) is 24.7 Å². The van der Waals surface area contributed by atoms with Gasteiger partial charge < -0.3 is 16.0 Å².